The monoisotopic (exact) mass is 366 g/mol. The van der Waals surface area contributed by atoms with E-state index in [1.165, 1.54) is 0 Å². The van der Waals surface area contributed by atoms with Crippen molar-refractivity contribution in [3.05, 3.63) is 48.2 Å². The highest BCUT2D eigenvalue weighted by atomic mass is 16.5. The average Bonchev–Trinajstić information content (AvgIpc) is 3.12. The van der Waals surface area contributed by atoms with Crippen molar-refractivity contribution in [2.24, 2.45) is 0 Å². The van der Waals surface area contributed by atoms with Gasteiger partial charge in [-0.1, -0.05) is 18.2 Å². The number of fused-ring (bicyclic) bond motifs is 1. The summed E-state index contributed by atoms with van der Waals surface area (Å²) in [5.41, 5.74) is 2.08. The van der Waals surface area contributed by atoms with E-state index < -0.39 is 0 Å². The maximum absolute atomic E-state index is 12.8. The van der Waals surface area contributed by atoms with Gasteiger partial charge < -0.3 is 19.4 Å². The molecule has 2 aromatic heterocycles. The van der Waals surface area contributed by atoms with Crippen LogP contribution in [-0.4, -0.2) is 52.3 Å². The van der Waals surface area contributed by atoms with Crippen LogP contribution >= 0.6 is 0 Å². The summed E-state index contributed by atoms with van der Waals surface area (Å²) in [5.74, 6) is 1.02. The van der Waals surface area contributed by atoms with Crippen molar-refractivity contribution in [3.63, 3.8) is 0 Å². The second-order valence-corrected chi connectivity index (χ2v) is 6.67. The Balaban J connectivity index is 1.39. The number of likely N-dealkylation sites (tertiary alicyclic amines) is 1. The standard InChI is InChI=1S/C20H22N4O3/c1-26-18-8-9-19(23-22-18)27-15-5-4-10-24(13-15)20(25)11-14-12-21-17-7-3-2-6-16(14)17/h2-3,6-9,12,15,21H,4-5,10-11,13H2,1H3. The molecule has 7 heteroatoms. The minimum atomic E-state index is -0.0756. The zero-order valence-corrected chi connectivity index (χ0v) is 15.2. The summed E-state index contributed by atoms with van der Waals surface area (Å²) in [5, 5.41) is 9.02. The molecule has 1 aromatic carbocycles. The number of para-hydroxylation sites is 1. The molecule has 0 radical (unpaired) electrons. The van der Waals surface area contributed by atoms with E-state index >= 15 is 0 Å². The van der Waals surface area contributed by atoms with Crippen LogP contribution in [0.5, 0.6) is 11.8 Å². The Bertz CT molecular complexity index is 922. The molecule has 1 aliphatic heterocycles. The van der Waals surface area contributed by atoms with E-state index in [2.05, 4.69) is 15.2 Å². The summed E-state index contributed by atoms with van der Waals surface area (Å²) in [6.07, 6.45) is 4.04. The molecule has 0 aliphatic carbocycles. The van der Waals surface area contributed by atoms with Crippen LogP contribution in [-0.2, 0) is 11.2 Å². The molecule has 1 N–H and O–H groups in total. The van der Waals surface area contributed by atoms with Crippen LogP contribution < -0.4 is 9.47 Å². The molecule has 0 saturated carbocycles. The van der Waals surface area contributed by atoms with Crippen LogP contribution in [0.2, 0.25) is 0 Å². The SMILES string of the molecule is COc1ccc(OC2CCCN(C(=O)Cc3c[nH]c4ccccc34)C2)nn1. The molecular weight excluding hydrogens is 344 g/mol. The van der Waals surface area contributed by atoms with Gasteiger partial charge in [-0.3, -0.25) is 4.79 Å². The lowest BCUT2D eigenvalue weighted by Gasteiger charge is -2.32. The van der Waals surface area contributed by atoms with Crippen molar-refractivity contribution in [2.45, 2.75) is 25.4 Å². The van der Waals surface area contributed by atoms with Gasteiger partial charge in [-0.25, -0.2) is 0 Å². The largest absolute Gasteiger partial charge is 0.480 e. The number of H-pyrrole nitrogens is 1. The third kappa shape index (κ3) is 3.86. The number of rotatable bonds is 5. The first-order valence-electron chi connectivity index (χ1n) is 9.10. The number of nitrogens with zero attached hydrogens (tertiary/aromatic N) is 3. The molecule has 0 bridgehead atoms. The van der Waals surface area contributed by atoms with E-state index in [0.717, 1.165) is 35.9 Å². The molecule has 1 atom stereocenters. The Hall–Kier alpha value is -3.09. The molecular formula is C20H22N4O3. The Labute approximate surface area is 157 Å². The second-order valence-electron chi connectivity index (χ2n) is 6.67. The number of aromatic nitrogens is 3. The third-order valence-corrected chi connectivity index (χ3v) is 4.86. The van der Waals surface area contributed by atoms with Gasteiger partial charge in [-0.15, -0.1) is 10.2 Å². The van der Waals surface area contributed by atoms with E-state index in [0.29, 0.717) is 24.7 Å². The lowest BCUT2D eigenvalue weighted by atomic mass is 10.1. The summed E-state index contributed by atoms with van der Waals surface area (Å²) in [6, 6.07) is 11.5. The van der Waals surface area contributed by atoms with Crippen molar-refractivity contribution in [3.8, 4) is 11.8 Å². The molecule has 3 heterocycles. The summed E-state index contributed by atoms with van der Waals surface area (Å²) in [7, 11) is 1.54. The van der Waals surface area contributed by atoms with Gasteiger partial charge in [0.25, 0.3) is 0 Å². The van der Waals surface area contributed by atoms with E-state index in [-0.39, 0.29) is 12.0 Å². The summed E-state index contributed by atoms with van der Waals surface area (Å²) in [4.78, 5) is 17.9. The van der Waals surface area contributed by atoms with Crippen LogP contribution in [0.4, 0.5) is 0 Å². The quantitative estimate of drug-likeness (QED) is 0.751. The fraction of sp³-hybridized carbons (Fsp3) is 0.350. The molecule has 140 valence electrons. The molecule has 1 unspecified atom stereocenters. The zero-order chi connectivity index (χ0) is 18.6. The van der Waals surface area contributed by atoms with E-state index in [9.17, 15) is 4.79 Å². The van der Waals surface area contributed by atoms with Gasteiger partial charge in [0.15, 0.2) is 0 Å². The summed E-state index contributed by atoms with van der Waals surface area (Å²) < 4.78 is 10.9. The van der Waals surface area contributed by atoms with Crippen molar-refractivity contribution in [1.82, 2.24) is 20.1 Å². The summed E-state index contributed by atoms with van der Waals surface area (Å²) in [6.45, 7) is 1.32. The number of amides is 1. The predicted molar refractivity (Wildman–Crippen MR) is 101 cm³/mol. The molecule has 1 amide bonds. The first kappa shape index (κ1) is 17.3. The van der Waals surface area contributed by atoms with Gasteiger partial charge >= 0.3 is 0 Å². The first-order chi connectivity index (χ1) is 13.2. The van der Waals surface area contributed by atoms with Crippen LogP contribution in [0, 0.1) is 0 Å². The van der Waals surface area contributed by atoms with Gasteiger partial charge in [0, 0.05) is 35.8 Å². The Morgan fingerprint density at radius 1 is 1.22 bits per heavy atom. The first-order valence-corrected chi connectivity index (χ1v) is 9.10. The molecule has 1 aliphatic rings. The molecule has 1 saturated heterocycles. The fourth-order valence-electron chi connectivity index (χ4n) is 3.46. The Morgan fingerprint density at radius 3 is 2.85 bits per heavy atom. The second kappa shape index (κ2) is 7.65. The number of carbonyl (C=O) groups excluding carboxylic acids is 1. The van der Waals surface area contributed by atoms with E-state index in [4.69, 9.17) is 9.47 Å². The molecule has 1 fully saturated rings. The molecule has 27 heavy (non-hydrogen) atoms. The highest BCUT2D eigenvalue weighted by Gasteiger charge is 2.25. The normalized spacial score (nSPS) is 17.1. The molecule has 4 rings (SSSR count). The zero-order valence-electron chi connectivity index (χ0n) is 15.2. The third-order valence-electron chi connectivity index (χ3n) is 4.86. The molecule has 0 spiro atoms. The number of aromatic amines is 1. The predicted octanol–water partition coefficient (Wildman–Crippen LogP) is 2.58. The van der Waals surface area contributed by atoms with Crippen molar-refractivity contribution in [1.29, 1.82) is 0 Å². The smallest absolute Gasteiger partial charge is 0.233 e. The van der Waals surface area contributed by atoms with Gasteiger partial charge in [-0.05, 0) is 24.5 Å². The number of nitrogens with one attached hydrogen (secondary N) is 1. The number of hydrogen-bond donors (Lipinski definition) is 1. The number of benzene rings is 1. The Morgan fingerprint density at radius 2 is 2.04 bits per heavy atom. The average molecular weight is 366 g/mol. The maximum atomic E-state index is 12.8. The highest BCUT2D eigenvalue weighted by molar-refractivity contribution is 5.88. The van der Waals surface area contributed by atoms with E-state index in [1.807, 2.05) is 35.4 Å². The van der Waals surface area contributed by atoms with Crippen LogP contribution in [0.1, 0.15) is 18.4 Å². The fourth-order valence-corrected chi connectivity index (χ4v) is 3.46. The number of carbonyl (C=O) groups is 1. The van der Waals surface area contributed by atoms with Crippen molar-refractivity contribution in [2.75, 3.05) is 20.2 Å². The Kier molecular flexibility index (Phi) is 4.91. The molecule has 7 nitrogen and oxygen atoms in total. The minimum absolute atomic E-state index is 0.0756. The topological polar surface area (TPSA) is 80.3 Å². The number of hydrogen-bond acceptors (Lipinski definition) is 5. The van der Waals surface area contributed by atoms with Crippen molar-refractivity contribution < 1.29 is 14.3 Å². The van der Waals surface area contributed by atoms with Crippen LogP contribution in [0.15, 0.2) is 42.6 Å². The van der Waals surface area contributed by atoms with Gasteiger partial charge in [0.2, 0.25) is 17.7 Å². The van der Waals surface area contributed by atoms with Gasteiger partial charge in [0.05, 0.1) is 20.1 Å². The lowest BCUT2D eigenvalue weighted by Crippen LogP contribution is -2.45. The van der Waals surface area contributed by atoms with Gasteiger partial charge in [-0.2, -0.15) is 0 Å². The number of methoxy groups -OCH3 is 1. The minimum Gasteiger partial charge on any atom is -0.480 e. The maximum Gasteiger partial charge on any atom is 0.233 e. The van der Waals surface area contributed by atoms with Crippen LogP contribution in [0.25, 0.3) is 10.9 Å². The molecule has 3 aromatic rings. The number of ether oxygens (including phenoxy) is 2. The lowest BCUT2D eigenvalue weighted by molar-refractivity contribution is -0.133. The number of piperidine rings is 1. The van der Waals surface area contributed by atoms with Gasteiger partial charge in [0.1, 0.15) is 6.10 Å². The van der Waals surface area contributed by atoms with E-state index in [1.54, 1.807) is 19.2 Å². The van der Waals surface area contributed by atoms with Crippen LogP contribution in [0.3, 0.4) is 0 Å². The highest BCUT2D eigenvalue weighted by Crippen LogP contribution is 2.21. The van der Waals surface area contributed by atoms with Crippen molar-refractivity contribution >= 4 is 16.8 Å². The summed E-state index contributed by atoms with van der Waals surface area (Å²) >= 11 is 0.